The van der Waals surface area contributed by atoms with E-state index < -0.39 is 5.97 Å². The maximum Gasteiger partial charge on any atom is 0.335 e. The Morgan fingerprint density at radius 2 is 2.10 bits per heavy atom. The number of amides is 1. The lowest BCUT2D eigenvalue weighted by molar-refractivity contribution is -0.113. The zero-order valence-electron chi connectivity index (χ0n) is 16.1. The summed E-state index contributed by atoms with van der Waals surface area (Å²) in [6.45, 7) is 5.90. The Bertz CT molecular complexity index is 1080. The average Bonchev–Trinajstić information content (AvgIpc) is 2.99. The Balaban J connectivity index is 1.98. The van der Waals surface area contributed by atoms with Gasteiger partial charge in [0.1, 0.15) is 0 Å². The summed E-state index contributed by atoms with van der Waals surface area (Å²) >= 11 is 6.49. The number of thiocarbonyl (C=S) groups is 1. The summed E-state index contributed by atoms with van der Waals surface area (Å²) in [5.41, 5.74) is 1.77. The predicted molar refractivity (Wildman–Crippen MR) is 122 cm³/mol. The number of benzene rings is 2. The van der Waals surface area contributed by atoms with Crippen molar-refractivity contribution < 1.29 is 24.5 Å². The molecule has 0 saturated carbocycles. The van der Waals surface area contributed by atoms with Gasteiger partial charge in [-0.2, -0.15) is 0 Å². The van der Waals surface area contributed by atoms with Crippen molar-refractivity contribution in [1.82, 2.24) is 0 Å². The van der Waals surface area contributed by atoms with Gasteiger partial charge >= 0.3 is 5.97 Å². The number of nitrogens with zero attached hydrogens (tertiary/aromatic N) is 1. The number of carboxylic acid groups (broad SMARTS) is 1. The number of phenolic OH excluding ortho intramolecular Hbond substituents is 1. The molecule has 1 aliphatic rings. The number of phenols is 1. The molecule has 1 heterocycles. The smallest absolute Gasteiger partial charge is 0.335 e. The van der Waals surface area contributed by atoms with Crippen LogP contribution in [0.1, 0.15) is 28.4 Å². The molecule has 1 fully saturated rings. The van der Waals surface area contributed by atoms with Gasteiger partial charge in [-0.05, 0) is 55.3 Å². The number of thioether (sulfide) groups is 1. The molecule has 1 saturated heterocycles. The molecule has 0 radical (unpaired) electrons. The van der Waals surface area contributed by atoms with E-state index in [4.69, 9.17) is 17.0 Å². The highest BCUT2D eigenvalue weighted by Gasteiger charge is 2.33. The molecular weight excluding hydrogens is 422 g/mol. The van der Waals surface area contributed by atoms with Gasteiger partial charge in [0.05, 0.1) is 22.8 Å². The third-order valence-corrected chi connectivity index (χ3v) is 5.59. The van der Waals surface area contributed by atoms with Crippen LogP contribution >= 0.6 is 24.0 Å². The van der Waals surface area contributed by atoms with Crippen LogP contribution in [-0.4, -0.2) is 33.0 Å². The number of carbonyl (C=O) groups is 2. The fourth-order valence-electron chi connectivity index (χ4n) is 2.97. The fraction of sp³-hybridized carbons (Fsp3) is 0.136. The molecule has 8 heteroatoms. The highest BCUT2D eigenvalue weighted by Crippen LogP contribution is 2.38. The molecule has 0 unspecified atom stereocenters. The van der Waals surface area contributed by atoms with Gasteiger partial charge in [0.15, 0.2) is 15.8 Å². The molecule has 154 valence electrons. The number of hydrogen-bond donors (Lipinski definition) is 2. The SMILES string of the molecule is C=CCc1cc(C=C2SC(=S)N(c3cccc(C(=O)O)c3)C2=O)cc(OCC)c1O. The summed E-state index contributed by atoms with van der Waals surface area (Å²) in [4.78, 5) is 25.9. The Morgan fingerprint density at radius 1 is 1.33 bits per heavy atom. The molecule has 0 aromatic heterocycles. The molecule has 0 spiro atoms. The fourth-order valence-corrected chi connectivity index (χ4v) is 4.27. The zero-order valence-corrected chi connectivity index (χ0v) is 17.8. The highest BCUT2D eigenvalue weighted by molar-refractivity contribution is 8.27. The minimum Gasteiger partial charge on any atom is -0.504 e. The van der Waals surface area contributed by atoms with Gasteiger partial charge in [0, 0.05) is 5.56 Å². The number of rotatable bonds is 7. The second kappa shape index (κ2) is 9.15. The van der Waals surface area contributed by atoms with Crippen LogP contribution in [0, 0.1) is 0 Å². The van der Waals surface area contributed by atoms with E-state index >= 15 is 0 Å². The van der Waals surface area contributed by atoms with Gasteiger partial charge < -0.3 is 14.9 Å². The molecule has 0 aliphatic carbocycles. The number of aromatic hydroxyl groups is 1. The van der Waals surface area contributed by atoms with Gasteiger partial charge in [-0.3, -0.25) is 9.69 Å². The Labute approximate surface area is 183 Å². The van der Waals surface area contributed by atoms with Crippen molar-refractivity contribution in [2.45, 2.75) is 13.3 Å². The summed E-state index contributed by atoms with van der Waals surface area (Å²) in [7, 11) is 0. The van der Waals surface area contributed by atoms with Gasteiger partial charge in [-0.15, -0.1) is 6.58 Å². The second-order valence-electron chi connectivity index (χ2n) is 6.33. The van der Waals surface area contributed by atoms with Crippen LogP contribution in [0.15, 0.2) is 54.0 Å². The lowest BCUT2D eigenvalue weighted by Gasteiger charge is -2.15. The van der Waals surface area contributed by atoms with Crippen LogP contribution in [0.5, 0.6) is 11.5 Å². The molecule has 2 aromatic carbocycles. The second-order valence-corrected chi connectivity index (χ2v) is 8.00. The van der Waals surface area contributed by atoms with Gasteiger partial charge in [0.25, 0.3) is 5.91 Å². The zero-order chi connectivity index (χ0) is 21.8. The molecule has 2 N–H and O–H groups in total. The van der Waals surface area contributed by atoms with Gasteiger partial charge in [-0.25, -0.2) is 4.79 Å². The van der Waals surface area contributed by atoms with Crippen LogP contribution in [-0.2, 0) is 11.2 Å². The van der Waals surface area contributed by atoms with E-state index in [0.29, 0.717) is 44.8 Å². The molecule has 2 aromatic rings. The van der Waals surface area contributed by atoms with E-state index in [1.807, 2.05) is 6.92 Å². The first-order chi connectivity index (χ1) is 14.3. The van der Waals surface area contributed by atoms with Crippen LogP contribution in [0.25, 0.3) is 6.08 Å². The molecule has 1 aliphatic heterocycles. The number of hydrogen-bond acceptors (Lipinski definition) is 6. The lowest BCUT2D eigenvalue weighted by Crippen LogP contribution is -2.27. The van der Waals surface area contributed by atoms with Crippen LogP contribution in [0.3, 0.4) is 0 Å². The molecule has 6 nitrogen and oxygen atoms in total. The maximum absolute atomic E-state index is 13.0. The summed E-state index contributed by atoms with van der Waals surface area (Å²) in [6.07, 6.45) is 3.79. The van der Waals surface area contributed by atoms with Crippen molar-refractivity contribution >= 4 is 51.9 Å². The van der Waals surface area contributed by atoms with E-state index in [1.54, 1.807) is 36.4 Å². The Morgan fingerprint density at radius 3 is 2.77 bits per heavy atom. The third-order valence-electron chi connectivity index (χ3n) is 4.28. The minimum absolute atomic E-state index is 0.0481. The molecule has 0 bridgehead atoms. The number of ether oxygens (including phenoxy) is 1. The van der Waals surface area contributed by atoms with Gasteiger partial charge in [0.2, 0.25) is 0 Å². The van der Waals surface area contributed by atoms with Crippen molar-refractivity contribution in [3.63, 3.8) is 0 Å². The Hall–Kier alpha value is -3.10. The van der Waals surface area contributed by atoms with E-state index in [-0.39, 0.29) is 17.2 Å². The maximum atomic E-state index is 13.0. The van der Waals surface area contributed by atoms with E-state index in [2.05, 4.69) is 6.58 Å². The lowest BCUT2D eigenvalue weighted by atomic mass is 10.0. The van der Waals surface area contributed by atoms with Crippen molar-refractivity contribution in [1.29, 1.82) is 0 Å². The first-order valence-corrected chi connectivity index (χ1v) is 10.3. The largest absolute Gasteiger partial charge is 0.504 e. The standard InChI is InChI=1S/C22H19NO5S2/c1-3-6-14-9-13(10-17(19(14)24)28-4-2)11-18-20(25)23(22(29)30-18)16-8-5-7-15(12-16)21(26)27/h3,5,7-12,24H,1,4,6H2,2H3,(H,26,27). The first kappa shape index (κ1) is 21.6. The molecule has 3 rings (SSSR count). The quantitative estimate of drug-likeness (QED) is 0.368. The summed E-state index contributed by atoms with van der Waals surface area (Å²) in [6, 6.07) is 9.48. The van der Waals surface area contributed by atoms with Crippen LogP contribution in [0.4, 0.5) is 5.69 Å². The number of carboxylic acids is 1. The van der Waals surface area contributed by atoms with Crippen molar-refractivity contribution in [2.75, 3.05) is 11.5 Å². The van der Waals surface area contributed by atoms with Gasteiger partial charge in [-0.1, -0.05) is 36.1 Å². The predicted octanol–water partition coefficient (Wildman–Crippen LogP) is 4.62. The number of anilines is 1. The van der Waals surface area contributed by atoms with Crippen LogP contribution in [0.2, 0.25) is 0 Å². The summed E-state index contributed by atoms with van der Waals surface area (Å²) in [5, 5.41) is 19.5. The normalized spacial score (nSPS) is 15.0. The van der Waals surface area contributed by atoms with E-state index in [0.717, 1.165) is 11.8 Å². The third kappa shape index (κ3) is 4.39. The summed E-state index contributed by atoms with van der Waals surface area (Å²) in [5.74, 6) is -1.05. The molecular formula is C22H19NO5S2. The summed E-state index contributed by atoms with van der Waals surface area (Å²) < 4.78 is 5.81. The molecule has 1 amide bonds. The van der Waals surface area contributed by atoms with Crippen molar-refractivity contribution in [2.24, 2.45) is 0 Å². The minimum atomic E-state index is -1.08. The molecule has 0 atom stereocenters. The van der Waals surface area contributed by atoms with E-state index in [9.17, 15) is 19.8 Å². The topological polar surface area (TPSA) is 87.1 Å². The van der Waals surface area contributed by atoms with Crippen molar-refractivity contribution in [3.05, 3.63) is 70.6 Å². The highest BCUT2D eigenvalue weighted by atomic mass is 32.2. The first-order valence-electron chi connectivity index (χ1n) is 9.06. The van der Waals surface area contributed by atoms with Crippen LogP contribution < -0.4 is 9.64 Å². The average molecular weight is 442 g/mol. The number of allylic oxidation sites excluding steroid dienone is 1. The monoisotopic (exact) mass is 441 g/mol. The van der Waals surface area contributed by atoms with Crippen molar-refractivity contribution in [3.8, 4) is 11.5 Å². The Kier molecular flexibility index (Phi) is 6.59. The number of carbonyl (C=O) groups excluding carboxylic acids is 1. The number of aromatic carboxylic acids is 1. The van der Waals surface area contributed by atoms with E-state index in [1.165, 1.54) is 17.0 Å². The molecule has 30 heavy (non-hydrogen) atoms.